The minimum absolute atomic E-state index is 0.0110. The SMILES string of the molecule is Cc1nnnn1[C@@H](Cc1cccc(F)c1)C(=O)N1CCCN(CC(=O)NC(C)C)CC1. The molecular formula is C21H30FN7O2. The average molecular weight is 432 g/mol. The first-order valence-corrected chi connectivity index (χ1v) is 10.6. The van der Waals surface area contributed by atoms with Gasteiger partial charge in [0.1, 0.15) is 17.7 Å². The van der Waals surface area contributed by atoms with E-state index in [0.717, 1.165) is 13.0 Å². The van der Waals surface area contributed by atoms with Crippen molar-refractivity contribution in [3.05, 3.63) is 41.5 Å². The van der Waals surface area contributed by atoms with Gasteiger partial charge < -0.3 is 10.2 Å². The number of nitrogens with one attached hydrogen (secondary N) is 1. The molecule has 1 aliphatic heterocycles. The lowest BCUT2D eigenvalue weighted by molar-refractivity contribution is -0.135. The predicted octanol–water partition coefficient (Wildman–Crippen LogP) is 0.963. The first kappa shape index (κ1) is 22.8. The van der Waals surface area contributed by atoms with Crippen molar-refractivity contribution < 1.29 is 14.0 Å². The molecule has 31 heavy (non-hydrogen) atoms. The van der Waals surface area contributed by atoms with Gasteiger partial charge in [-0.15, -0.1) is 5.10 Å². The van der Waals surface area contributed by atoms with E-state index in [0.29, 0.717) is 44.0 Å². The Bertz CT molecular complexity index is 901. The normalized spacial score (nSPS) is 16.2. The van der Waals surface area contributed by atoms with E-state index in [-0.39, 0.29) is 23.7 Å². The lowest BCUT2D eigenvalue weighted by Crippen LogP contribution is -2.43. The quantitative estimate of drug-likeness (QED) is 0.702. The van der Waals surface area contributed by atoms with Crippen LogP contribution in [0.4, 0.5) is 4.39 Å². The summed E-state index contributed by atoms with van der Waals surface area (Å²) in [6.45, 7) is 8.37. The van der Waals surface area contributed by atoms with Gasteiger partial charge in [0.25, 0.3) is 0 Å². The molecule has 2 heterocycles. The number of aromatic nitrogens is 4. The Morgan fingerprint density at radius 2 is 2.00 bits per heavy atom. The van der Waals surface area contributed by atoms with E-state index in [1.165, 1.54) is 16.8 Å². The molecule has 0 radical (unpaired) electrons. The summed E-state index contributed by atoms with van der Waals surface area (Å²) < 4.78 is 15.2. The van der Waals surface area contributed by atoms with Crippen molar-refractivity contribution in [3.8, 4) is 0 Å². The highest BCUT2D eigenvalue weighted by molar-refractivity contribution is 5.81. The van der Waals surface area contributed by atoms with Crippen LogP contribution in [-0.2, 0) is 16.0 Å². The number of halogens is 1. The lowest BCUT2D eigenvalue weighted by atomic mass is 10.0. The fraction of sp³-hybridized carbons (Fsp3) is 0.571. The van der Waals surface area contributed by atoms with Crippen molar-refractivity contribution in [2.24, 2.45) is 0 Å². The number of carbonyl (C=O) groups excluding carboxylic acids is 2. The summed E-state index contributed by atoms with van der Waals surface area (Å²) in [5, 5.41) is 14.5. The first-order chi connectivity index (χ1) is 14.8. The predicted molar refractivity (Wildman–Crippen MR) is 113 cm³/mol. The molecule has 1 saturated heterocycles. The minimum Gasteiger partial charge on any atom is -0.353 e. The Labute approximate surface area is 181 Å². The number of amides is 2. The molecule has 3 rings (SSSR count). The van der Waals surface area contributed by atoms with Gasteiger partial charge in [0.2, 0.25) is 11.8 Å². The van der Waals surface area contributed by atoms with E-state index in [4.69, 9.17) is 0 Å². The van der Waals surface area contributed by atoms with E-state index in [1.54, 1.807) is 24.0 Å². The van der Waals surface area contributed by atoms with Crippen LogP contribution in [0.1, 0.15) is 37.7 Å². The zero-order valence-corrected chi connectivity index (χ0v) is 18.3. The van der Waals surface area contributed by atoms with Crippen molar-refractivity contribution in [1.29, 1.82) is 0 Å². The highest BCUT2D eigenvalue weighted by Crippen LogP contribution is 2.19. The van der Waals surface area contributed by atoms with Gasteiger partial charge >= 0.3 is 0 Å². The molecule has 168 valence electrons. The van der Waals surface area contributed by atoms with Gasteiger partial charge in [0.05, 0.1) is 6.54 Å². The Morgan fingerprint density at radius 3 is 2.68 bits per heavy atom. The molecule has 1 N–H and O–H groups in total. The van der Waals surface area contributed by atoms with Gasteiger partial charge in [-0.1, -0.05) is 12.1 Å². The molecule has 1 fully saturated rings. The molecule has 2 amide bonds. The van der Waals surface area contributed by atoms with Crippen LogP contribution < -0.4 is 5.32 Å². The van der Waals surface area contributed by atoms with Gasteiger partial charge in [-0.2, -0.15) is 0 Å². The van der Waals surface area contributed by atoms with Crippen molar-refractivity contribution in [2.45, 2.75) is 45.7 Å². The van der Waals surface area contributed by atoms with E-state index in [9.17, 15) is 14.0 Å². The van der Waals surface area contributed by atoms with E-state index < -0.39 is 6.04 Å². The third kappa shape index (κ3) is 6.30. The summed E-state index contributed by atoms with van der Waals surface area (Å²) in [5.74, 6) is 0.0648. The third-order valence-corrected chi connectivity index (χ3v) is 5.27. The molecule has 10 heteroatoms. The second kappa shape index (κ2) is 10.4. The fourth-order valence-corrected chi connectivity index (χ4v) is 3.82. The summed E-state index contributed by atoms with van der Waals surface area (Å²) in [5.41, 5.74) is 0.704. The smallest absolute Gasteiger partial charge is 0.247 e. The standard InChI is InChI=1S/C21H30FN7O2/c1-15(2)23-20(30)14-27-8-5-9-28(11-10-27)21(31)19(29-16(3)24-25-26-29)13-17-6-4-7-18(22)12-17/h4,6-7,12,15,19H,5,8-11,13-14H2,1-3H3,(H,23,30)/t19-/m0/s1. The molecule has 1 atom stereocenters. The highest BCUT2D eigenvalue weighted by Gasteiger charge is 2.30. The molecule has 0 bridgehead atoms. The van der Waals surface area contributed by atoms with Crippen LogP contribution in [0.25, 0.3) is 0 Å². The summed E-state index contributed by atoms with van der Waals surface area (Å²) in [7, 11) is 0. The van der Waals surface area contributed by atoms with Crippen LogP contribution in [-0.4, -0.2) is 80.6 Å². The average Bonchev–Trinajstić information content (AvgIpc) is 2.99. The number of hydrogen-bond acceptors (Lipinski definition) is 6. The Balaban J connectivity index is 1.71. The molecule has 1 aromatic heterocycles. The van der Waals surface area contributed by atoms with Crippen molar-refractivity contribution in [1.82, 2.24) is 35.3 Å². The van der Waals surface area contributed by atoms with Crippen molar-refractivity contribution in [3.63, 3.8) is 0 Å². The molecule has 2 aromatic rings. The summed E-state index contributed by atoms with van der Waals surface area (Å²) in [6, 6.07) is 5.66. The lowest BCUT2D eigenvalue weighted by Gasteiger charge is -2.27. The van der Waals surface area contributed by atoms with E-state index >= 15 is 0 Å². The van der Waals surface area contributed by atoms with Gasteiger partial charge in [-0.05, 0) is 55.3 Å². The summed E-state index contributed by atoms with van der Waals surface area (Å²) >= 11 is 0. The number of rotatable bonds is 7. The van der Waals surface area contributed by atoms with Gasteiger partial charge in [0, 0.05) is 38.6 Å². The van der Waals surface area contributed by atoms with E-state index in [2.05, 4.69) is 25.7 Å². The second-order valence-electron chi connectivity index (χ2n) is 8.20. The van der Waals surface area contributed by atoms with Crippen LogP contribution in [0.5, 0.6) is 0 Å². The molecule has 0 saturated carbocycles. The highest BCUT2D eigenvalue weighted by atomic mass is 19.1. The van der Waals surface area contributed by atoms with Crippen LogP contribution in [0.15, 0.2) is 24.3 Å². The second-order valence-corrected chi connectivity index (χ2v) is 8.20. The van der Waals surface area contributed by atoms with Gasteiger partial charge in [-0.3, -0.25) is 14.5 Å². The van der Waals surface area contributed by atoms with Crippen molar-refractivity contribution in [2.75, 3.05) is 32.7 Å². The molecule has 1 aliphatic rings. The molecule has 0 spiro atoms. The zero-order valence-electron chi connectivity index (χ0n) is 18.3. The molecule has 1 aromatic carbocycles. The Hall–Kier alpha value is -2.88. The number of aryl methyl sites for hydroxylation is 1. The summed E-state index contributed by atoms with van der Waals surface area (Å²) in [6.07, 6.45) is 1.06. The number of benzene rings is 1. The zero-order chi connectivity index (χ0) is 22.4. The van der Waals surface area contributed by atoms with Gasteiger partial charge in [-0.25, -0.2) is 9.07 Å². The third-order valence-electron chi connectivity index (χ3n) is 5.27. The number of carbonyl (C=O) groups is 2. The molecule has 0 aliphatic carbocycles. The van der Waals surface area contributed by atoms with E-state index in [1.807, 2.05) is 13.8 Å². The topological polar surface area (TPSA) is 96.2 Å². The molecular weight excluding hydrogens is 401 g/mol. The summed E-state index contributed by atoms with van der Waals surface area (Å²) in [4.78, 5) is 29.4. The maximum atomic E-state index is 13.7. The maximum absolute atomic E-state index is 13.7. The fourth-order valence-electron chi connectivity index (χ4n) is 3.82. The largest absolute Gasteiger partial charge is 0.353 e. The minimum atomic E-state index is -0.660. The van der Waals surface area contributed by atoms with Crippen LogP contribution >= 0.6 is 0 Å². The monoisotopic (exact) mass is 431 g/mol. The Kier molecular flexibility index (Phi) is 7.67. The van der Waals surface area contributed by atoms with Crippen LogP contribution in [0, 0.1) is 12.7 Å². The molecule has 0 unspecified atom stereocenters. The maximum Gasteiger partial charge on any atom is 0.247 e. The van der Waals surface area contributed by atoms with Crippen LogP contribution in [0.3, 0.4) is 0 Å². The van der Waals surface area contributed by atoms with Crippen molar-refractivity contribution >= 4 is 11.8 Å². The number of nitrogens with zero attached hydrogens (tertiary/aromatic N) is 6. The number of tetrazole rings is 1. The Morgan fingerprint density at radius 1 is 1.19 bits per heavy atom. The number of hydrogen-bond donors (Lipinski definition) is 1. The van der Waals surface area contributed by atoms with Crippen LogP contribution in [0.2, 0.25) is 0 Å². The molecule has 9 nitrogen and oxygen atoms in total. The first-order valence-electron chi connectivity index (χ1n) is 10.6. The van der Waals surface area contributed by atoms with Gasteiger partial charge in [0.15, 0.2) is 0 Å².